The third-order valence-electron chi connectivity index (χ3n) is 2.90. The number of hydrogen-bond acceptors (Lipinski definition) is 5. The van der Waals surface area contributed by atoms with E-state index < -0.39 is 26.8 Å². The van der Waals surface area contributed by atoms with Gasteiger partial charge in [0.1, 0.15) is 10.6 Å². The Morgan fingerprint density at radius 3 is 2.17 bits per heavy atom. The molecule has 0 heterocycles. The van der Waals surface area contributed by atoms with E-state index in [1.54, 1.807) is 0 Å². The van der Waals surface area contributed by atoms with Crippen molar-refractivity contribution in [2.75, 3.05) is 0 Å². The first-order valence-electron chi connectivity index (χ1n) is 6.35. The maximum Gasteiger partial charge on any atom is 0.335 e. The summed E-state index contributed by atoms with van der Waals surface area (Å²) < 4.78 is 24.3. The fraction of sp³-hybridized carbons (Fsp3) is 0. The van der Waals surface area contributed by atoms with E-state index in [4.69, 9.17) is 21.8 Å². The molecule has 0 spiro atoms. The first-order valence-corrected chi connectivity index (χ1v) is 8.21. The quantitative estimate of drug-likeness (QED) is 0.587. The van der Waals surface area contributed by atoms with Crippen LogP contribution in [0.15, 0.2) is 47.4 Å². The second kappa shape index (κ2) is 6.87. The van der Waals surface area contributed by atoms with Crippen LogP contribution in [0.5, 0.6) is 5.75 Å². The molecule has 0 unspecified atom stereocenters. The number of carbonyl (C=O) groups is 2. The van der Waals surface area contributed by atoms with Crippen LogP contribution in [0.1, 0.15) is 20.7 Å². The number of halogens is 1. The largest absolute Gasteiger partial charge is 0.508 e. The molecule has 0 radical (unpaired) electrons. The van der Waals surface area contributed by atoms with Crippen LogP contribution < -0.4 is 10.3 Å². The molecule has 24 heavy (non-hydrogen) atoms. The first-order chi connectivity index (χ1) is 11.2. The van der Waals surface area contributed by atoms with Crippen molar-refractivity contribution in [2.24, 2.45) is 0 Å². The van der Waals surface area contributed by atoms with Gasteiger partial charge in [-0.25, -0.2) is 13.2 Å². The van der Waals surface area contributed by atoms with Crippen LogP contribution in [-0.4, -0.2) is 30.5 Å². The van der Waals surface area contributed by atoms with E-state index in [1.807, 2.05) is 10.3 Å². The number of amides is 1. The fourth-order valence-corrected chi connectivity index (χ4v) is 3.06. The van der Waals surface area contributed by atoms with Crippen molar-refractivity contribution in [3.05, 3.63) is 58.6 Å². The molecule has 2 aromatic rings. The number of phenolic OH excluding ortho intramolecular Hbond substituents is 1. The lowest BCUT2D eigenvalue weighted by molar-refractivity contribution is 0.0696. The van der Waals surface area contributed by atoms with Gasteiger partial charge in [-0.1, -0.05) is 11.6 Å². The molecule has 0 saturated heterocycles. The molecule has 2 aromatic carbocycles. The van der Waals surface area contributed by atoms with Crippen LogP contribution in [0.2, 0.25) is 5.02 Å². The monoisotopic (exact) mass is 370 g/mol. The average Bonchev–Trinajstić information content (AvgIpc) is 2.53. The summed E-state index contributed by atoms with van der Waals surface area (Å²) in [5.41, 5.74) is 1.79. The molecule has 0 aromatic heterocycles. The summed E-state index contributed by atoms with van der Waals surface area (Å²) in [6, 6.07) is 8.25. The molecule has 2 rings (SSSR count). The van der Waals surface area contributed by atoms with Gasteiger partial charge in [-0.2, -0.15) is 0 Å². The van der Waals surface area contributed by atoms with E-state index >= 15 is 0 Å². The van der Waals surface area contributed by atoms with E-state index in [2.05, 4.69) is 0 Å². The molecule has 0 aliphatic rings. The Labute approximate surface area is 141 Å². The molecule has 1 amide bonds. The minimum Gasteiger partial charge on any atom is -0.508 e. The van der Waals surface area contributed by atoms with Gasteiger partial charge in [-0.05, 0) is 42.5 Å². The van der Waals surface area contributed by atoms with Gasteiger partial charge in [0, 0.05) is 5.56 Å². The minimum absolute atomic E-state index is 0.0515. The number of phenols is 1. The molecule has 0 saturated carbocycles. The van der Waals surface area contributed by atoms with E-state index in [0.29, 0.717) is 0 Å². The molecule has 10 heteroatoms. The number of carboxylic acids is 1. The molecule has 0 atom stereocenters. The maximum absolute atomic E-state index is 12.2. The Hall–Kier alpha value is -2.62. The lowest BCUT2D eigenvalue weighted by Gasteiger charge is -2.10. The van der Waals surface area contributed by atoms with Gasteiger partial charge in [-0.15, -0.1) is 4.83 Å². The number of nitrogens with one attached hydrogen (secondary N) is 2. The zero-order valence-electron chi connectivity index (χ0n) is 11.9. The first kappa shape index (κ1) is 17.7. The summed E-state index contributed by atoms with van der Waals surface area (Å²) in [4.78, 5) is 24.1. The predicted molar refractivity (Wildman–Crippen MR) is 84.3 cm³/mol. The molecule has 126 valence electrons. The van der Waals surface area contributed by atoms with Crippen LogP contribution in [0.4, 0.5) is 0 Å². The normalized spacial score (nSPS) is 11.0. The predicted octanol–water partition coefficient (Wildman–Crippen LogP) is 1.37. The Balaban J connectivity index is 2.19. The third-order valence-corrected chi connectivity index (χ3v) is 4.63. The van der Waals surface area contributed by atoms with Gasteiger partial charge in [0.25, 0.3) is 15.9 Å². The number of aromatic carboxylic acids is 1. The smallest absolute Gasteiger partial charge is 0.335 e. The number of carbonyl (C=O) groups excluding carboxylic acids is 1. The van der Waals surface area contributed by atoms with E-state index in [9.17, 15) is 18.0 Å². The van der Waals surface area contributed by atoms with E-state index in [1.165, 1.54) is 24.3 Å². The van der Waals surface area contributed by atoms with Crippen LogP contribution in [0.25, 0.3) is 0 Å². The van der Waals surface area contributed by atoms with Gasteiger partial charge in [0.15, 0.2) is 0 Å². The SMILES string of the molecule is O=C(O)c1ccc(Cl)c(S(=O)(=O)NNC(=O)c2ccc(O)cc2)c1. The van der Waals surface area contributed by atoms with Crippen molar-refractivity contribution in [3.8, 4) is 5.75 Å². The molecule has 0 aliphatic heterocycles. The van der Waals surface area contributed by atoms with Crippen molar-refractivity contribution < 1.29 is 28.2 Å². The molecule has 0 fully saturated rings. The minimum atomic E-state index is -4.28. The molecule has 0 bridgehead atoms. The van der Waals surface area contributed by atoms with Crippen molar-refractivity contribution in [1.82, 2.24) is 10.3 Å². The van der Waals surface area contributed by atoms with Crippen molar-refractivity contribution in [1.29, 1.82) is 0 Å². The summed E-state index contributed by atoms with van der Waals surface area (Å²) in [5, 5.41) is 17.8. The summed E-state index contributed by atoms with van der Waals surface area (Å²) >= 11 is 5.78. The molecular formula is C14H11ClN2O6S. The van der Waals surface area contributed by atoms with Crippen molar-refractivity contribution in [3.63, 3.8) is 0 Å². The topological polar surface area (TPSA) is 133 Å². The molecule has 8 nitrogen and oxygen atoms in total. The second-order valence-electron chi connectivity index (χ2n) is 4.56. The lowest BCUT2D eigenvalue weighted by atomic mass is 10.2. The van der Waals surface area contributed by atoms with Crippen molar-refractivity contribution in [2.45, 2.75) is 4.90 Å². The van der Waals surface area contributed by atoms with Crippen LogP contribution in [0, 0.1) is 0 Å². The van der Waals surface area contributed by atoms with Gasteiger partial charge in [0.2, 0.25) is 0 Å². The molecule has 4 N–H and O–H groups in total. The maximum atomic E-state index is 12.2. The number of rotatable bonds is 5. The number of hydrogen-bond donors (Lipinski definition) is 4. The highest BCUT2D eigenvalue weighted by atomic mass is 35.5. The number of benzene rings is 2. The molecular weight excluding hydrogens is 360 g/mol. The van der Waals surface area contributed by atoms with Gasteiger partial charge in [0.05, 0.1) is 10.6 Å². The Morgan fingerprint density at radius 2 is 1.58 bits per heavy atom. The van der Waals surface area contributed by atoms with E-state index in [-0.39, 0.29) is 21.9 Å². The van der Waals surface area contributed by atoms with Gasteiger partial charge in [-0.3, -0.25) is 10.2 Å². The summed E-state index contributed by atoms with van der Waals surface area (Å²) in [7, 11) is -4.28. The highest BCUT2D eigenvalue weighted by Gasteiger charge is 2.21. The highest BCUT2D eigenvalue weighted by molar-refractivity contribution is 7.89. The van der Waals surface area contributed by atoms with Gasteiger partial charge >= 0.3 is 5.97 Å². The van der Waals surface area contributed by atoms with Crippen LogP contribution in [-0.2, 0) is 10.0 Å². The average molecular weight is 371 g/mol. The Morgan fingerprint density at radius 1 is 1.00 bits per heavy atom. The second-order valence-corrected chi connectivity index (χ2v) is 6.61. The van der Waals surface area contributed by atoms with Crippen LogP contribution >= 0.6 is 11.6 Å². The Kier molecular flexibility index (Phi) is 5.07. The fourth-order valence-electron chi connectivity index (χ4n) is 1.70. The number of carboxylic acid groups (broad SMARTS) is 1. The molecule has 0 aliphatic carbocycles. The summed E-state index contributed by atoms with van der Waals surface area (Å²) in [5.74, 6) is -2.15. The lowest BCUT2D eigenvalue weighted by Crippen LogP contribution is -2.41. The Bertz CT molecular complexity index is 896. The van der Waals surface area contributed by atoms with Crippen LogP contribution in [0.3, 0.4) is 0 Å². The number of sulfonamides is 1. The zero-order valence-corrected chi connectivity index (χ0v) is 13.4. The third kappa shape index (κ3) is 4.02. The van der Waals surface area contributed by atoms with Gasteiger partial charge < -0.3 is 10.2 Å². The number of aromatic hydroxyl groups is 1. The van der Waals surface area contributed by atoms with E-state index in [0.717, 1.165) is 18.2 Å². The standard InChI is InChI=1S/C14H11ClN2O6S/c15-11-6-3-9(14(20)21)7-12(11)24(22,23)17-16-13(19)8-1-4-10(18)5-2-8/h1-7,17-18H,(H,16,19)(H,20,21). The zero-order chi connectivity index (χ0) is 17.9. The number of hydrazine groups is 1. The highest BCUT2D eigenvalue weighted by Crippen LogP contribution is 2.22. The summed E-state index contributed by atoms with van der Waals surface area (Å²) in [6.07, 6.45) is 0. The van der Waals surface area contributed by atoms with Crippen molar-refractivity contribution >= 4 is 33.5 Å². The summed E-state index contributed by atoms with van der Waals surface area (Å²) in [6.45, 7) is 0.